The lowest BCUT2D eigenvalue weighted by molar-refractivity contribution is 0.105. The second-order valence-corrected chi connectivity index (χ2v) is 4.91. The van der Waals surface area contributed by atoms with Gasteiger partial charge in [-0.3, -0.25) is 0 Å². The summed E-state index contributed by atoms with van der Waals surface area (Å²) in [6.07, 6.45) is -1.12. The Balaban J connectivity index is 3.05. The van der Waals surface area contributed by atoms with Gasteiger partial charge in [-0.15, -0.1) is 0 Å². The van der Waals surface area contributed by atoms with Gasteiger partial charge in [0.25, 0.3) is 0 Å². The molecule has 1 aromatic rings. The van der Waals surface area contributed by atoms with E-state index < -0.39 is 33.4 Å². The van der Waals surface area contributed by atoms with E-state index in [1.807, 2.05) is 0 Å². The zero-order valence-electron chi connectivity index (χ0n) is 8.80. The van der Waals surface area contributed by atoms with Crippen LogP contribution in [0.4, 0.5) is 10.1 Å². The Bertz CT molecular complexity index is 492. The first-order valence-corrected chi connectivity index (χ1v) is 6.25. The highest BCUT2D eigenvalue weighted by molar-refractivity contribution is 7.89. The van der Waals surface area contributed by atoms with Gasteiger partial charge in [0, 0.05) is 6.54 Å². The van der Waals surface area contributed by atoms with Gasteiger partial charge in [-0.2, -0.15) is 0 Å². The third kappa shape index (κ3) is 3.63. The van der Waals surface area contributed by atoms with Crippen molar-refractivity contribution in [2.24, 2.45) is 5.14 Å². The fourth-order valence-electron chi connectivity index (χ4n) is 1.20. The summed E-state index contributed by atoms with van der Waals surface area (Å²) in [4.78, 5) is -0.400. The summed E-state index contributed by atoms with van der Waals surface area (Å²) in [5, 5.41) is 25.0. The summed E-state index contributed by atoms with van der Waals surface area (Å²) in [6.45, 7) is -0.716. The highest BCUT2D eigenvalue weighted by atomic mass is 32.2. The summed E-state index contributed by atoms with van der Waals surface area (Å²) in [5.74, 6) is -0.804. The van der Waals surface area contributed by atoms with Crippen molar-refractivity contribution in [2.45, 2.75) is 11.0 Å². The summed E-state index contributed by atoms with van der Waals surface area (Å²) in [6, 6.07) is 3.41. The Kier molecular flexibility index (Phi) is 4.40. The number of anilines is 1. The Morgan fingerprint density at radius 2 is 2.12 bits per heavy atom. The second kappa shape index (κ2) is 5.41. The predicted molar refractivity (Wildman–Crippen MR) is 59.4 cm³/mol. The first kappa shape index (κ1) is 13.8. The molecule has 0 amide bonds. The zero-order valence-corrected chi connectivity index (χ0v) is 9.61. The number of hydrogen-bond acceptors (Lipinski definition) is 5. The fourth-order valence-corrected chi connectivity index (χ4v) is 1.92. The van der Waals surface area contributed by atoms with E-state index in [4.69, 9.17) is 15.4 Å². The number of aliphatic hydroxyl groups is 2. The Morgan fingerprint density at radius 1 is 1.47 bits per heavy atom. The molecule has 0 aliphatic rings. The summed E-state index contributed by atoms with van der Waals surface area (Å²) >= 11 is 0. The van der Waals surface area contributed by atoms with Gasteiger partial charge in [0.05, 0.1) is 18.4 Å². The van der Waals surface area contributed by atoms with Crippen LogP contribution in [0.25, 0.3) is 0 Å². The van der Waals surface area contributed by atoms with Crippen LogP contribution in [0.3, 0.4) is 0 Å². The first-order chi connectivity index (χ1) is 7.86. The molecule has 0 aromatic heterocycles. The van der Waals surface area contributed by atoms with Crippen molar-refractivity contribution < 1.29 is 23.0 Å². The number of primary sulfonamides is 1. The van der Waals surface area contributed by atoms with Gasteiger partial charge in [0.1, 0.15) is 10.7 Å². The number of sulfonamides is 1. The molecule has 0 heterocycles. The molecule has 0 fully saturated rings. The molecule has 0 bridgehead atoms. The van der Waals surface area contributed by atoms with Crippen LogP contribution in [-0.2, 0) is 10.0 Å². The van der Waals surface area contributed by atoms with Crippen LogP contribution < -0.4 is 10.5 Å². The van der Waals surface area contributed by atoms with Gasteiger partial charge in [-0.1, -0.05) is 6.07 Å². The van der Waals surface area contributed by atoms with Crippen LogP contribution in [0, 0.1) is 5.82 Å². The molecule has 0 saturated carbocycles. The lowest BCUT2D eigenvalue weighted by Crippen LogP contribution is -2.25. The lowest BCUT2D eigenvalue weighted by atomic mass is 10.3. The van der Waals surface area contributed by atoms with E-state index in [1.165, 1.54) is 6.07 Å². The molecular formula is C9H13FN2O4S. The molecule has 1 aromatic carbocycles. The van der Waals surface area contributed by atoms with E-state index in [2.05, 4.69) is 5.32 Å². The minimum atomic E-state index is -4.06. The van der Waals surface area contributed by atoms with E-state index in [0.717, 1.165) is 12.1 Å². The SMILES string of the molecule is NS(=O)(=O)c1cccc(F)c1NCC(O)CO. The number of rotatable bonds is 5. The molecular weight excluding hydrogens is 251 g/mol. The minimum absolute atomic E-state index is 0.194. The monoisotopic (exact) mass is 264 g/mol. The van der Waals surface area contributed by atoms with Crippen molar-refractivity contribution in [1.82, 2.24) is 0 Å². The van der Waals surface area contributed by atoms with Crippen molar-refractivity contribution >= 4 is 15.7 Å². The highest BCUT2D eigenvalue weighted by Gasteiger charge is 2.17. The molecule has 1 atom stereocenters. The molecule has 0 aliphatic carbocycles. The van der Waals surface area contributed by atoms with Crippen LogP contribution in [0.2, 0.25) is 0 Å². The molecule has 0 spiro atoms. The predicted octanol–water partition coefficient (Wildman–Crippen LogP) is -0.762. The van der Waals surface area contributed by atoms with Crippen LogP contribution >= 0.6 is 0 Å². The Morgan fingerprint density at radius 3 is 2.65 bits per heavy atom. The quantitative estimate of drug-likeness (QED) is 0.558. The fraction of sp³-hybridized carbons (Fsp3) is 0.333. The molecule has 1 rings (SSSR count). The maximum absolute atomic E-state index is 13.4. The number of para-hydroxylation sites is 1. The Hall–Kier alpha value is -1.22. The maximum atomic E-state index is 13.4. The van der Waals surface area contributed by atoms with Crippen molar-refractivity contribution in [3.05, 3.63) is 24.0 Å². The lowest BCUT2D eigenvalue weighted by Gasteiger charge is -2.13. The van der Waals surface area contributed by atoms with Gasteiger partial charge in [-0.05, 0) is 12.1 Å². The standard InChI is InChI=1S/C9H13FN2O4S/c10-7-2-1-3-8(17(11,15)16)9(7)12-4-6(14)5-13/h1-3,6,12-14H,4-5H2,(H2,11,15,16). The number of nitrogens with two attached hydrogens (primary N) is 1. The molecule has 17 heavy (non-hydrogen) atoms. The number of benzene rings is 1. The van der Waals surface area contributed by atoms with E-state index in [-0.39, 0.29) is 12.2 Å². The summed E-state index contributed by atoms with van der Waals surface area (Å²) in [5.41, 5.74) is -0.317. The van der Waals surface area contributed by atoms with Crippen LogP contribution in [0.5, 0.6) is 0 Å². The Labute approximate surface area is 97.9 Å². The highest BCUT2D eigenvalue weighted by Crippen LogP contribution is 2.23. The maximum Gasteiger partial charge on any atom is 0.240 e. The average molecular weight is 264 g/mol. The summed E-state index contributed by atoms with van der Waals surface area (Å²) in [7, 11) is -4.06. The van der Waals surface area contributed by atoms with Crippen LogP contribution in [0.15, 0.2) is 23.1 Å². The molecule has 0 radical (unpaired) electrons. The number of nitrogens with one attached hydrogen (secondary N) is 1. The van der Waals surface area contributed by atoms with Crippen molar-refractivity contribution in [3.63, 3.8) is 0 Å². The molecule has 96 valence electrons. The smallest absolute Gasteiger partial charge is 0.240 e. The third-order valence-corrected chi connectivity index (χ3v) is 2.96. The molecule has 6 nitrogen and oxygen atoms in total. The molecule has 8 heteroatoms. The van der Waals surface area contributed by atoms with Gasteiger partial charge in [0.2, 0.25) is 10.0 Å². The van der Waals surface area contributed by atoms with Crippen LogP contribution in [-0.4, -0.2) is 37.9 Å². The first-order valence-electron chi connectivity index (χ1n) is 4.70. The van der Waals surface area contributed by atoms with Gasteiger partial charge >= 0.3 is 0 Å². The molecule has 0 aliphatic heterocycles. The van der Waals surface area contributed by atoms with E-state index in [1.54, 1.807) is 0 Å². The molecule has 0 saturated heterocycles. The third-order valence-electron chi connectivity index (χ3n) is 2.01. The van der Waals surface area contributed by atoms with E-state index in [0.29, 0.717) is 0 Å². The van der Waals surface area contributed by atoms with Crippen molar-refractivity contribution in [1.29, 1.82) is 0 Å². The topological polar surface area (TPSA) is 113 Å². The normalized spacial score (nSPS) is 13.4. The minimum Gasteiger partial charge on any atom is -0.394 e. The average Bonchev–Trinajstić information content (AvgIpc) is 2.25. The summed E-state index contributed by atoms with van der Waals surface area (Å²) < 4.78 is 35.8. The van der Waals surface area contributed by atoms with Gasteiger partial charge < -0.3 is 15.5 Å². The van der Waals surface area contributed by atoms with Gasteiger partial charge in [-0.25, -0.2) is 17.9 Å². The largest absolute Gasteiger partial charge is 0.394 e. The van der Waals surface area contributed by atoms with Crippen LogP contribution in [0.1, 0.15) is 0 Å². The number of hydrogen-bond donors (Lipinski definition) is 4. The van der Waals surface area contributed by atoms with Crippen molar-refractivity contribution in [2.75, 3.05) is 18.5 Å². The number of halogens is 1. The zero-order chi connectivity index (χ0) is 13.1. The molecule has 1 unspecified atom stereocenters. The second-order valence-electron chi connectivity index (χ2n) is 3.38. The van der Waals surface area contributed by atoms with Gasteiger partial charge in [0.15, 0.2) is 0 Å². The van der Waals surface area contributed by atoms with E-state index in [9.17, 15) is 12.8 Å². The van der Waals surface area contributed by atoms with E-state index >= 15 is 0 Å². The molecule has 5 N–H and O–H groups in total. The van der Waals surface area contributed by atoms with Crippen molar-refractivity contribution in [3.8, 4) is 0 Å². The number of aliphatic hydroxyl groups excluding tert-OH is 2.